The Kier molecular flexibility index (Phi) is 5.85. The molecule has 0 atom stereocenters. The molecule has 1 aliphatic heterocycles. The van der Waals surface area contributed by atoms with Crippen molar-refractivity contribution in [1.82, 2.24) is 5.32 Å². The van der Waals surface area contributed by atoms with E-state index in [2.05, 4.69) is 11.4 Å². The van der Waals surface area contributed by atoms with Crippen LogP contribution in [-0.4, -0.2) is 17.8 Å². The van der Waals surface area contributed by atoms with Gasteiger partial charge in [0.2, 0.25) is 0 Å². The van der Waals surface area contributed by atoms with Crippen molar-refractivity contribution < 1.29 is 19.1 Å². The molecule has 160 valence electrons. The third kappa shape index (κ3) is 4.59. The smallest absolute Gasteiger partial charge is 0.335 e. The SMILES string of the molecule is Cc1ccc(N2C(=O)NC(=O)/C(=C\c3ccc(OCc4cccc(C)c4)cc3)C2=O)cc1. The van der Waals surface area contributed by atoms with Gasteiger partial charge in [0.05, 0.1) is 5.69 Å². The number of anilines is 1. The molecule has 1 saturated heterocycles. The standard InChI is InChI=1S/C26H22N2O4/c1-17-6-10-21(11-7-17)28-25(30)23(24(29)27-26(28)31)15-19-8-12-22(13-9-19)32-16-20-5-3-4-18(2)14-20/h3-15H,16H2,1-2H3,(H,27,29,31)/b23-15+. The Morgan fingerprint density at radius 3 is 2.28 bits per heavy atom. The maximum Gasteiger partial charge on any atom is 0.335 e. The highest BCUT2D eigenvalue weighted by Crippen LogP contribution is 2.23. The minimum Gasteiger partial charge on any atom is -0.489 e. The number of ether oxygens (including phenoxy) is 1. The van der Waals surface area contributed by atoms with E-state index in [4.69, 9.17) is 4.74 Å². The van der Waals surface area contributed by atoms with Gasteiger partial charge in [-0.3, -0.25) is 14.9 Å². The van der Waals surface area contributed by atoms with Crippen molar-refractivity contribution in [2.75, 3.05) is 4.90 Å². The molecule has 0 bridgehead atoms. The maximum atomic E-state index is 12.9. The van der Waals surface area contributed by atoms with Crippen LogP contribution in [0.2, 0.25) is 0 Å². The first-order chi connectivity index (χ1) is 15.4. The number of carbonyl (C=O) groups excluding carboxylic acids is 3. The molecule has 1 N–H and O–H groups in total. The zero-order valence-electron chi connectivity index (χ0n) is 17.8. The van der Waals surface area contributed by atoms with Gasteiger partial charge in [-0.15, -0.1) is 0 Å². The summed E-state index contributed by atoms with van der Waals surface area (Å²) in [4.78, 5) is 38.5. The lowest BCUT2D eigenvalue weighted by molar-refractivity contribution is -0.122. The molecule has 0 aliphatic carbocycles. The Balaban J connectivity index is 1.51. The molecule has 0 saturated carbocycles. The van der Waals surface area contributed by atoms with Gasteiger partial charge in [0.25, 0.3) is 11.8 Å². The van der Waals surface area contributed by atoms with Crippen LogP contribution in [0, 0.1) is 13.8 Å². The van der Waals surface area contributed by atoms with E-state index in [0.717, 1.165) is 16.0 Å². The molecule has 1 heterocycles. The van der Waals surface area contributed by atoms with Gasteiger partial charge in [-0.05, 0) is 55.3 Å². The number of nitrogens with zero attached hydrogens (tertiary/aromatic N) is 1. The number of rotatable bonds is 5. The molecule has 4 amide bonds. The predicted octanol–water partition coefficient (Wildman–Crippen LogP) is 4.55. The molecule has 4 rings (SSSR count). The number of amides is 4. The molecule has 0 aromatic heterocycles. The summed E-state index contributed by atoms with van der Waals surface area (Å²) in [6, 6.07) is 21.3. The first kappa shape index (κ1) is 21.1. The van der Waals surface area contributed by atoms with Crippen LogP contribution in [0.15, 0.2) is 78.4 Å². The van der Waals surface area contributed by atoms with Crippen molar-refractivity contribution in [2.24, 2.45) is 0 Å². The minimum absolute atomic E-state index is 0.112. The van der Waals surface area contributed by atoms with E-state index in [1.807, 2.05) is 32.0 Å². The van der Waals surface area contributed by atoms with Gasteiger partial charge in [0, 0.05) is 0 Å². The summed E-state index contributed by atoms with van der Waals surface area (Å²) >= 11 is 0. The Labute approximate surface area is 186 Å². The second-order valence-electron chi connectivity index (χ2n) is 7.64. The lowest BCUT2D eigenvalue weighted by atomic mass is 10.1. The first-order valence-electron chi connectivity index (χ1n) is 10.2. The van der Waals surface area contributed by atoms with E-state index in [-0.39, 0.29) is 5.57 Å². The highest BCUT2D eigenvalue weighted by molar-refractivity contribution is 6.39. The highest BCUT2D eigenvalue weighted by Gasteiger charge is 2.36. The van der Waals surface area contributed by atoms with Gasteiger partial charge in [0.1, 0.15) is 17.9 Å². The van der Waals surface area contributed by atoms with Crippen molar-refractivity contribution >= 4 is 29.6 Å². The average molecular weight is 426 g/mol. The van der Waals surface area contributed by atoms with Gasteiger partial charge < -0.3 is 4.74 Å². The minimum atomic E-state index is -0.763. The fourth-order valence-corrected chi connectivity index (χ4v) is 3.38. The summed E-state index contributed by atoms with van der Waals surface area (Å²) in [5, 5.41) is 2.23. The van der Waals surface area contributed by atoms with Gasteiger partial charge in [0.15, 0.2) is 0 Å². The van der Waals surface area contributed by atoms with Crippen LogP contribution in [0.3, 0.4) is 0 Å². The summed E-state index contributed by atoms with van der Waals surface area (Å²) < 4.78 is 5.81. The number of hydrogen-bond acceptors (Lipinski definition) is 4. The zero-order valence-corrected chi connectivity index (χ0v) is 17.8. The van der Waals surface area contributed by atoms with Crippen LogP contribution in [-0.2, 0) is 16.2 Å². The molecule has 1 aliphatic rings. The number of aryl methyl sites for hydroxylation is 2. The van der Waals surface area contributed by atoms with Crippen molar-refractivity contribution in [3.8, 4) is 5.75 Å². The molecule has 3 aromatic carbocycles. The second-order valence-corrected chi connectivity index (χ2v) is 7.64. The van der Waals surface area contributed by atoms with Crippen LogP contribution in [0.5, 0.6) is 5.75 Å². The van der Waals surface area contributed by atoms with Gasteiger partial charge >= 0.3 is 6.03 Å². The van der Waals surface area contributed by atoms with Crippen LogP contribution in [0.25, 0.3) is 6.08 Å². The Morgan fingerprint density at radius 2 is 1.59 bits per heavy atom. The molecule has 3 aromatic rings. The molecule has 6 nitrogen and oxygen atoms in total. The Morgan fingerprint density at radius 1 is 0.875 bits per heavy atom. The van der Waals surface area contributed by atoms with Crippen molar-refractivity contribution in [1.29, 1.82) is 0 Å². The predicted molar refractivity (Wildman–Crippen MR) is 122 cm³/mol. The third-order valence-electron chi connectivity index (χ3n) is 5.07. The number of benzene rings is 3. The van der Waals surface area contributed by atoms with E-state index in [0.29, 0.717) is 23.6 Å². The third-order valence-corrected chi connectivity index (χ3v) is 5.07. The Bertz CT molecular complexity index is 1210. The van der Waals surface area contributed by atoms with E-state index < -0.39 is 17.8 Å². The molecular weight excluding hydrogens is 404 g/mol. The van der Waals surface area contributed by atoms with E-state index in [1.54, 1.807) is 48.5 Å². The van der Waals surface area contributed by atoms with Gasteiger partial charge in [-0.25, -0.2) is 9.69 Å². The average Bonchev–Trinajstić information content (AvgIpc) is 2.77. The van der Waals surface area contributed by atoms with Crippen molar-refractivity contribution in [2.45, 2.75) is 20.5 Å². The van der Waals surface area contributed by atoms with Crippen molar-refractivity contribution in [3.05, 3.63) is 101 Å². The fourth-order valence-electron chi connectivity index (χ4n) is 3.38. The van der Waals surface area contributed by atoms with Gasteiger partial charge in [-0.1, -0.05) is 59.7 Å². The highest BCUT2D eigenvalue weighted by atomic mass is 16.5. The first-order valence-corrected chi connectivity index (χ1v) is 10.2. The molecule has 0 spiro atoms. The van der Waals surface area contributed by atoms with E-state index in [1.165, 1.54) is 11.6 Å². The normalized spacial score (nSPS) is 15.1. The molecule has 1 fully saturated rings. The lowest BCUT2D eigenvalue weighted by Crippen LogP contribution is -2.54. The molecule has 0 unspecified atom stereocenters. The van der Waals surface area contributed by atoms with Crippen molar-refractivity contribution in [3.63, 3.8) is 0 Å². The molecule has 6 heteroatoms. The lowest BCUT2D eigenvalue weighted by Gasteiger charge is -2.26. The summed E-state index contributed by atoms with van der Waals surface area (Å²) in [6.45, 7) is 4.38. The number of urea groups is 1. The second kappa shape index (κ2) is 8.89. The monoisotopic (exact) mass is 426 g/mol. The van der Waals surface area contributed by atoms with Crippen LogP contribution >= 0.6 is 0 Å². The topological polar surface area (TPSA) is 75.7 Å². The van der Waals surface area contributed by atoms with Crippen LogP contribution in [0.4, 0.5) is 10.5 Å². The summed E-state index contributed by atoms with van der Waals surface area (Å²) in [5.41, 5.74) is 4.16. The van der Waals surface area contributed by atoms with Crippen LogP contribution in [0.1, 0.15) is 22.3 Å². The summed E-state index contributed by atoms with van der Waals surface area (Å²) in [6.07, 6.45) is 1.47. The summed E-state index contributed by atoms with van der Waals surface area (Å²) in [5.74, 6) is -0.713. The largest absolute Gasteiger partial charge is 0.489 e. The van der Waals surface area contributed by atoms with E-state index >= 15 is 0 Å². The number of carbonyl (C=O) groups is 3. The quantitative estimate of drug-likeness (QED) is 0.480. The molecular formula is C26H22N2O4. The molecule has 32 heavy (non-hydrogen) atoms. The Hall–Kier alpha value is -4.19. The maximum absolute atomic E-state index is 12.9. The number of imide groups is 2. The summed E-state index contributed by atoms with van der Waals surface area (Å²) in [7, 11) is 0. The zero-order chi connectivity index (χ0) is 22.7. The fraction of sp³-hybridized carbons (Fsp3) is 0.115. The number of hydrogen-bond donors (Lipinski definition) is 1. The number of barbiturate groups is 1. The van der Waals surface area contributed by atoms with Crippen LogP contribution < -0.4 is 15.0 Å². The molecule has 0 radical (unpaired) electrons. The number of nitrogens with one attached hydrogen (secondary N) is 1. The van der Waals surface area contributed by atoms with Gasteiger partial charge in [-0.2, -0.15) is 0 Å². The van der Waals surface area contributed by atoms with E-state index in [9.17, 15) is 14.4 Å².